The lowest BCUT2D eigenvalue weighted by Crippen LogP contribution is -2.60. The Morgan fingerprint density at radius 1 is 0.810 bits per heavy atom. The first-order chi connectivity index (χ1) is 19.5. The Bertz CT molecular complexity index is 1180. The third-order valence-electron chi connectivity index (χ3n) is 9.90. The molecule has 0 aliphatic carbocycles. The molecule has 8 heteroatoms. The zero-order valence-corrected chi connectivity index (χ0v) is 30.4. The van der Waals surface area contributed by atoms with Gasteiger partial charge in [-0.3, -0.25) is 0 Å². The van der Waals surface area contributed by atoms with Gasteiger partial charge in [0, 0.05) is 5.22 Å². The Balaban J connectivity index is 2.04. The molecule has 2 rings (SSSR count). The minimum Gasteiger partial charge on any atom is -0.496 e. The Morgan fingerprint density at radius 2 is 1.38 bits per heavy atom. The van der Waals surface area contributed by atoms with Gasteiger partial charge >= 0.3 is 6.16 Å². The fraction of sp³-hybridized carbons (Fsp3) is 0.618. The maximum absolute atomic E-state index is 11.5. The summed E-state index contributed by atoms with van der Waals surface area (Å²) in [7, 11) is 0.789. The van der Waals surface area contributed by atoms with Gasteiger partial charge < -0.3 is 23.4 Å². The molecule has 0 amide bonds. The molecule has 6 nitrogen and oxygen atoms in total. The zero-order valence-electron chi connectivity index (χ0n) is 28.4. The van der Waals surface area contributed by atoms with E-state index in [1.54, 1.807) is 20.3 Å². The molecule has 0 heterocycles. The summed E-state index contributed by atoms with van der Waals surface area (Å²) in [5.74, 6) is 1.87. The van der Waals surface area contributed by atoms with Gasteiger partial charge in [0.2, 0.25) is 0 Å². The minimum absolute atomic E-state index is 0.130. The third kappa shape index (κ3) is 9.10. The molecule has 1 unspecified atom stereocenters. The van der Waals surface area contributed by atoms with Crippen molar-refractivity contribution < 1.29 is 28.2 Å². The number of rotatable bonds is 16. The fourth-order valence-electron chi connectivity index (χ4n) is 5.62. The fourth-order valence-corrected chi connectivity index (χ4v) is 12.5. The summed E-state index contributed by atoms with van der Waals surface area (Å²) in [4.78, 5) is 11.5. The third-order valence-corrected chi connectivity index (χ3v) is 20.7. The van der Waals surface area contributed by atoms with Crippen LogP contribution in [0.25, 0.3) is 0 Å². The van der Waals surface area contributed by atoms with Crippen molar-refractivity contribution in [1.29, 1.82) is 0 Å². The van der Waals surface area contributed by atoms with Crippen molar-refractivity contribution in [3.8, 4) is 17.2 Å². The van der Waals surface area contributed by atoms with E-state index in [9.17, 15) is 4.79 Å². The molecular weight excluding hydrogens is 561 g/mol. The van der Waals surface area contributed by atoms with E-state index in [0.29, 0.717) is 11.5 Å². The van der Waals surface area contributed by atoms with Crippen molar-refractivity contribution in [2.75, 3.05) is 21.3 Å². The van der Waals surface area contributed by atoms with Gasteiger partial charge in [-0.15, -0.1) is 0 Å². The second-order valence-electron chi connectivity index (χ2n) is 13.5. The van der Waals surface area contributed by atoms with Crippen LogP contribution >= 0.6 is 0 Å². The molecule has 236 valence electrons. The molecular formula is C34H56O6Si2. The number of hydrogen-bond donors (Lipinski definition) is 0. The maximum atomic E-state index is 11.5. The highest BCUT2D eigenvalue weighted by molar-refractivity contribution is 6.83. The molecule has 2 aromatic rings. The first-order valence-electron chi connectivity index (χ1n) is 15.3. The molecule has 0 saturated heterocycles. The number of ether oxygens (including phenoxy) is 4. The molecule has 0 radical (unpaired) electrons. The normalized spacial score (nSPS) is 13.8. The van der Waals surface area contributed by atoms with Crippen molar-refractivity contribution in [2.45, 2.75) is 116 Å². The zero-order chi connectivity index (χ0) is 31.8. The Kier molecular flexibility index (Phi) is 12.8. The predicted octanol–water partition coefficient (Wildman–Crippen LogP) is 9.53. The van der Waals surface area contributed by atoms with E-state index >= 15 is 0 Å². The summed E-state index contributed by atoms with van der Waals surface area (Å²) in [6, 6.07) is 14.7. The van der Waals surface area contributed by atoms with E-state index in [1.807, 2.05) is 12.1 Å². The standard InChI is InChI=1S/C34H56O6Si2/c1-13-42(12,23-15-17-28-20-21-29(31(25-28)37-8)39-32(35)38-9)34(5,6)40-41(10,11)33(3,4)22-14-16-27-19-18-26(2)30(24-27)36-7/h18-21,24-25H,13-17,22-23H2,1-12H3. The Hall–Kier alpha value is -2.30. The van der Waals surface area contributed by atoms with Crippen LogP contribution in [-0.4, -0.2) is 49.1 Å². The molecule has 0 aliphatic rings. The van der Waals surface area contributed by atoms with Crippen LogP contribution in [0, 0.1) is 6.92 Å². The van der Waals surface area contributed by atoms with Crippen molar-refractivity contribution in [2.24, 2.45) is 0 Å². The largest absolute Gasteiger partial charge is 0.513 e. The number of benzene rings is 2. The summed E-state index contributed by atoms with van der Waals surface area (Å²) in [6.07, 6.45) is 4.58. The summed E-state index contributed by atoms with van der Waals surface area (Å²) < 4.78 is 28.1. The molecule has 0 fully saturated rings. The monoisotopic (exact) mass is 616 g/mol. The summed E-state index contributed by atoms with van der Waals surface area (Å²) in [5, 5.41) is 0.0155. The van der Waals surface area contributed by atoms with Crippen molar-refractivity contribution >= 4 is 22.5 Å². The smallest absolute Gasteiger partial charge is 0.496 e. The lowest BCUT2D eigenvalue weighted by Gasteiger charge is -2.51. The molecule has 0 bridgehead atoms. The van der Waals surface area contributed by atoms with E-state index < -0.39 is 22.5 Å². The highest BCUT2D eigenvalue weighted by Gasteiger charge is 2.50. The van der Waals surface area contributed by atoms with E-state index in [0.717, 1.165) is 43.4 Å². The highest BCUT2D eigenvalue weighted by Crippen LogP contribution is 2.46. The summed E-state index contributed by atoms with van der Waals surface area (Å²) >= 11 is 0. The lowest BCUT2D eigenvalue weighted by atomic mass is 10.0. The molecule has 0 saturated carbocycles. The van der Waals surface area contributed by atoms with Crippen LogP contribution in [0.5, 0.6) is 17.2 Å². The quantitative estimate of drug-likeness (QED) is 0.106. The SMILES string of the molecule is CC[Si](C)(CCCc1ccc(OC(=O)OC)c(OC)c1)C(C)(C)O[Si](C)(C)C(C)(C)CCCc1ccc(C)c(OC)c1. The van der Waals surface area contributed by atoms with Crippen molar-refractivity contribution in [3.63, 3.8) is 0 Å². The predicted molar refractivity (Wildman–Crippen MR) is 179 cm³/mol. The summed E-state index contributed by atoms with van der Waals surface area (Å²) in [5.41, 5.74) is 3.68. The lowest BCUT2D eigenvalue weighted by molar-refractivity contribution is 0.120. The molecule has 42 heavy (non-hydrogen) atoms. The average Bonchev–Trinajstić information content (AvgIpc) is 2.93. The van der Waals surface area contributed by atoms with Gasteiger partial charge in [0.1, 0.15) is 5.75 Å². The van der Waals surface area contributed by atoms with Crippen LogP contribution in [0.15, 0.2) is 36.4 Å². The van der Waals surface area contributed by atoms with Gasteiger partial charge in [0.25, 0.3) is 0 Å². The van der Waals surface area contributed by atoms with E-state index in [4.69, 9.17) is 18.6 Å². The van der Waals surface area contributed by atoms with E-state index in [-0.39, 0.29) is 10.3 Å². The van der Waals surface area contributed by atoms with Crippen molar-refractivity contribution in [1.82, 2.24) is 0 Å². The molecule has 2 aromatic carbocycles. The van der Waals surface area contributed by atoms with Gasteiger partial charge in [-0.2, -0.15) is 0 Å². The topological polar surface area (TPSA) is 63.2 Å². The number of aryl methyl sites for hydroxylation is 3. The Morgan fingerprint density at radius 3 is 1.95 bits per heavy atom. The van der Waals surface area contributed by atoms with Gasteiger partial charge in [0.05, 0.1) is 29.4 Å². The summed E-state index contributed by atoms with van der Waals surface area (Å²) in [6.45, 7) is 21.3. The molecule has 0 aromatic heterocycles. The highest BCUT2D eigenvalue weighted by atomic mass is 28.4. The van der Waals surface area contributed by atoms with Crippen LogP contribution in [0.3, 0.4) is 0 Å². The number of carbonyl (C=O) groups excluding carboxylic acids is 1. The number of hydrogen-bond acceptors (Lipinski definition) is 6. The van der Waals surface area contributed by atoms with E-state index in [2.05, 4.69) is 84.1 Å². The molecule has 0 N–H and O–H groups in total. The van der Waals surface area contributed by atoms with Crippen LogP contribution < -0.4 is 14.2 Å². The second-order valence-corrected chi connectivity index (χ2v) is 23.6. The van der Waals surface area contributed by atoms with Gasteiger partial charge in [0.15, 0.2) is 19.8 Å². The number of methoxy groups -OCH3 is 3. The average molecular weight is 617 g/mol. The molecule has 0 spiro atoms. The van der Waals surface area contributed by atoms with Crippen molar-refractivity contribution in [3.05, 3.63) is 53.1 Å². The van der Waals surface area contributed by atoms with Gasteiger partial charge in [-0.05, 0) is 99.5 Å². The van der Waals surface area contributed by atoms with Crippen LogP contribution in [0.4, 0.5) is 4.79 Å². The first-order valence-corrected chi connectivity index (χ1v) is 21.1. The van der Waals surface area contributed by atoms with Gasteiger partial charge in [-0.1, -0.05) is 64.0 Å². The Labute approximate surface area is 257 Å². The molecule has 0 aliphatic heterocycles. The maximum Gasteiger partial charge on any atom is 0.513 e. The van der Waals surface area contributed by atoms with Crippen LogP contribution in [0.2, 0.25) is 36.8 Å². The molecule has 1 atom stereocenters. The first kappa shape index (κ1) is 35.9. The van der Waals surface area contributed by atoms with Gasteiger partial charge in [-0.25, -0.2) is 4.79 Å². The number of carbonyl (C=O) groups is 1. The second kappa shape index (κ2) is 14.9. The minimum atomic E-state index is -2.05. The van der Waals surface area contributed by atoms with Crippen LogP contribution in [0.1, 0.15) is 70.6 Å². The van der Waals surface area contributed by atoms with E-state index in [1.165, 1.54) is 30.3 Å². The van der Waals surface area contributed by atoms with Crippen LogP contribution in [-0.2, 0) is 22.0 Å².